The molecule has 5 rings (SSSR count). The van der Waals surface area contributed by atoms with Gasteiger partial charge in [0, 0.05) is 37.3 Å². The van der Waals surface area contributed by atoms with E-state index < -0.39 is 46.9 Å². The number of nitrogens with zero attached hydrogens (tertiary/aromatic N) is 3. The van der Waals surface area contributed by atoms with Crippen LogP contribution >= 0.6 is 0 Å². The Labute approximate surface area is 301 Å². The Kier molecular flexibility index (Phi) is 12.3. The highest BCUT2D eigenvalue weighted by atomic mass is 19.2. The van der Waals surface area contributed by atoms with Crippen molar-refractivity contribution >= 4 is 29.3 Å². The van der Waals surface area contributed by atoms with Crippen molar-refractivity contribution < 1.29 is 32.7 Å². The van der Waals surface area contributed by atoms with Crippen molar-refractivity contribution in [3.63, 3.8) is 0 Å². The van der Waals surface area contributed by atoms with Crippen molar-refractivity contribution in [2.75, 3.05) is 31.6 Å². The first-order chi connectivity index (χ1) is 24.8. The maximum atomic E-state index is 14.5. The van der Waals surface area contributed by atoms with Gasteiger partial charge in [0.25, 0.3) is 0 Å². The fourth-order valence-electron chi connectivity index (χ4n) is 5.95. The Bertz CT molecular complexity index is 1870. The number of anilines is 1. The molecule has 2 heterocycles. The highest BCUT2D eigenvalue weighted by Gasteiger charge is 2.34. The zero-order valence-corrected chi connectivity index (χ0v) is 29.5. The van der Waals surface area contributed by atoms with E-state index in [1.165, 1.54) is 23.2 Å². The number of imidazole rings is 1. The number of carbonyl (C=O) groups is 4. The molecule has 1 aromatic heterocycles. The minimum atomic E-state index is -1.17. The maximum absolute atomic E-state index is 14.5. The van der Waals surface area contributed by atoms with Crippen LogP contribution < -0.4 is 16.4 Å². The van der Waals surface area contributed by atoms with Gasteiger partial charge in [0.15, 0.2) is 23.2 Å². The van der Waals surface area contributed by atoms with Crippen LogP contribution in [0.3, 0.4) is 0 Å². The Morgan fingerprint density at radius 3 is 2.33 bits per heavy atom. The summed E-state index contributed by atoms with van der Waals surface area (Å²) < 4.78 is 35.7. The van der Waals surface area contributed by atoms with E-state index in [1.54, 1.807) is 30.9 Å². The molecule has 0 radical (unpaired) electrons. The second-order valence-electron chi connectivity index (χ2n) is 13.7. The molecule has 1 saturated heterocycles. The van der Waals surface area contributed by atoms with Crippen molar-refractivity contribution in [1.82, 2.24) is 19.8 Å². The van der Waals surface area contributed by atoms with Crippen molar-refractivity contribution in [3.05, 3.63) is 119 Å². The molecule has 4 N–H and O–H groups in total. The third-order valence-corrected chi connectivity index (χ3v) is 9.05. The molecule has 274 valence electrons. The summed E-state index contributed by atoms with van der Waals surface area (Å²) >= 11 is 0. The third-order valence-electron chi connectivity index (χ3n) is 9.05. The second-order valence-corrected chi connectivity index (χ2v) is 13.7. The Hall–Kier alpha value is -5.27. The Balaban J connectivity index is 1.30. The first-order valence-electron chi connectivity index (χ1n) is 17.2. The number of Topliss-reactive ketones (excluding diaryl/α,β-unsaturated/α-hetero) is 1. The first kappa shape index (κ1) is 38.0. The molecular formula is C39H44F2N6O5. The van der Waals surface area contributed by atoms with Gasteiger partial charge >= 0.3 is 0 Å². The number of halogens is 2. The number of hydrogen-bond donors (Lipinski definition) is 3. The van der Waals surface area contributed by atoms with Crippen LogP contribution in [-0.2, 0) is 25.7 Å². The van der Waals surface area contributed by atoms with Gasteiger partial charge in [0.2, 0.25) is 17.7 Å². The van der Waals surface area contributed by atoms with E-state index in [9.17, 15) is 28.0 Å². The smallest absolute Gasteiger partial charge is 0.250 e. The molecule has 0 saturated carbocycles. The monoisotopic (exact) mass is 714 g/mol. The zero-order chi connectivity index (χ0) is 37.4. The quantitative estimate of drug-likeness (QED) is 0.159. The molecule has 3 aromatic carbocycles. The van der Waals surface area contributed by atoms with E-state index in [0.29, 0.717) is 18.4 Å². The van der Waals surface area contributed by atoms with E-state index in [2.05, 4.69) is 15.6 Å². The summed E-state index contributed by atoms with van der Waals surface area (Å²) in [5.74, 6) is -4.52. The lowest BCUT2D eigenvalue weighted by atomic mass is 9.88. The number of nitrogens with one attached hydrogen (secondary N) is 2. The first-order valence-corrected chi connectivity index (χ1v) is 17.2. The van der Waals surface area contributed by atoms with Gasteiger partial charge in [-0.15, -0.1) is 0 Å². The van der Waals surface area contributed by atoms with Crippen LogP contribution in [-0.4, -0.2) is 69.7 Å². The Morgan fingerprint density at radius 2 is 1.67 bits per heavy atom. The normalized spacial score (nSPS) is 14.8. The van der Waals surface area contributed by atoms with Crippen molar-refractivity contribution in [3.8, 4) is 0 Å². The SMILES string of the molecule is Cc1ccc(C(=O)C2CCN(C(=O)C(c3ccc(F)c(F)c3)n3cnc(NC(=O)[C@H](CNC(=O)C(C)(C)N)COCc4ccccc4)c3)CC2)cc1. The van der Waals surface area contributed by atoms with Gasteiger partial charge < -0.3 is 30.6 Å². The fourth-order valence-corrected chi connectivity index (χ4v) is 5.95. The molecule has 0 spiro atoms. The topological polar surface area (TPSA) is 149 Å². The summed E-state index contributed by atoms with van der Waals surface area (Å²) in [5.41, 5.74) is 7.51. The Morgan fingerprint density at radius 1 is 0.981 bits per heavy atom. The van der Waals surface area contributed by atoms with Gasteiger partial charge in [-0.2, -0.15) is 0 Å². The second kappa shape index (κ2) is 16.8. The molecule has 0 aliphatic carbocycles. The molecule has 0 bridgehead atoms. The van der Waals surface area contributed by atoms with Crippen molar-refractivity contribution in [1.29, 1.82) is 0 Å². The lowest BCUT2D eigenvalue weighted by Gasteiger charge is -2.34. The summed E-state index contributed by atoms with van der Waals surface area (Å²) in [4.78, 5) is 59.2. The summed E-state index contributed by atoms with van der Waals surface area (Å²) in [5, 5.41) is 5.42. The lowest BCUT2D eigenvalue weighted by molar-refractivity contribution is -0.135. The van der Waals surface area contributed by atoms with Gasteiger partial charge in [-0.25, -0.2) is 13.8 Å². The molecule has 4 aromatic rings. The highest BCUT2D eigenvalue weighted by molar-refractivity contribution is 5.98. The number of ether oxygens (including phenoxy) is 1. The summed E-state index contributed by atoms with van der Waals surface area (Å²) in [6, 6.07) is 18.9. The van der Waals surface area contributed by atoms with Crippen LogP contribution in [0.15, 0.2) is 85.3 Å². The molecule has 1 fully saturated rings. The van der Waals surface area contributed by atoms with E-state index in [4.69, 9.17) is 10.5 Å². The maximum Gasteiger partial charge on any atom is 0.250 e. The van der Waals surface area contributed by atoms with Crippen LogP contribution in [0.25, 0.3) is 0 Å². The van der Waals surface area contributed by atoms with Gasteiger partial charge in [-0.3, -0.25) is 19.2 Å². The predicted molar refractivity (Wildman–Crippen MR) is 191 cm³/mol. The standard InChI is InChI=1S/C39H44F2N6O5/c1-25-9-11-27(12-10-25)35(48)28-15-17-46(18-16-28)37(50)34(29-13-14-31(40)32(41)19-29)47-21-33(44-24-47)45-36(49)30(20-43-38(51)39(2,3)42)23-52-22-26-7-5-4-6-8-26/h4-14,19,21,24,28,30,34H,15-18,20,22-23,42H2,1-3H3,(H,43,51)(H,45,49)/t30-,34?/m1/s1. The number of piperidine rings is 1. The molecule has 1 aliphatic rings. The number of carbonyl (C=O) groups excluding carboxylic acids is 4. The third kappa shape index (κ3) is 9.74. The highest BCUT2D eigenvalue weighted by Crippen LogP contribution is 2.28. The van der Waals surface area contributed by atoms with E-state index >= 15 is 0 Å². The van der Waals surface area contributed by atoms with Crippen LogP contribution in [0, 0.1) is 30.4 Å². The summed E-state index contributed by atoms with van der Waals surface area (Å²) in [6.45, 7) is 5.76. The number of nitrogens with two attached hydrogens (primary N) is 1. The van der Waals surface area contributed by atoms with Crippen LogP contribution in [0.1, 0.15) is 59.8 Å². The van der Waals surface area contributed by atoms with Crippen LogP contribution in [0.4, 0.5) is 14.6 Å². The molecule has 1 aliphatic heterocycles. The van der Waals surface area contributed by atoms with E-state index in [-0.39, 0.29) is 55.9 Å². The van der Waals surface area contributed by atoms with Gasteiger partial charge in [-0.05, 0) is 56.9 Å². The van der Waals surface area contributed by atoms with Crippen molar-refractivity contribution in [2.24, 2.45) is 17.6 Å². The molecule has 52 heavy (non-hydrogen) atoms. The summed E-state index contributed by atoms with van der Waals surface area (Å²) in [7, 11) is 0. The molecule has 2 atom stereocenters. The van der Waals surface area contributed by atoms with Crippen LogP contribution in [0.5, 0.6) is 0 Å². The number of ketones is 1. The van der Waals surface area contributed by atoms with E-state index in [1.807, 2.05) is 49.4 Å². The average molecular weight is 715 g/mol. The molecule has 11 nitrogen and oxygen atoms in total. The minimum absolute atomic E-state index is 0.0225. The fraction of sp³-hybridized carbons (Fsp3) is 0.359. The molecule has 3 amide bonds. The van der Waals surface area contributed by atoms with Crippen LogP contribution in [0.2, 0.25) is 0 Å². The number of amides is 3. The van der Waals surface area contributed by atoms with E-state index in [0.717, 1.165) is 23.3 Å². The predicted octanol–water partition coefficient (Wildman–Crippen LogP) is 4.81. The molecular weight excluding hydrogens is 670 g/mol. The largest absolute Gasteiger partial charge is 0.376 e. The van der Waals surface area contributed by atoms with Gasteiger partial charge in [0.05, 0.1) is 31.0 Å². The van der Waals surface area contributed by atoms with Gasteiger partial charge in [0.1, 0.15) is 6.04 Å². The number of aromatic nitrogens is 2. The number of hydrogen-bond acceptors (Lipinski definition) is 7. The van der Waals surface area contributed by atoms with Crippen molar-refractivity contribution in [2.45, 2.75) is 51.8 Å². The number of aryl methyl sites for hydroxylation is 1. The number of benzene rings is 3. The average Bonchev–Trinajstić information content (AvgIpc) is 3.58. The molecule has 13 heteroatoms. The number of likely N-dealkylation sites (tertiary alicyclic amines) is 1. The lowest BCUT2D eigenvalue weighted by Crippen LogP contribution is -2.51. The summed E-state index contributed by atoms with van der Waals surface area (Å²) in [6.07, 6.45) is 3.64. The molecule has 1 unspecified atom stereocenters. The number of rotatable bonds is 14. The van der Waals surface area contributed by atoms with Gasteiger partial charge in [-0.1, -0.05) is 66.2 Å². The zero-order valence-electron chi connectivity index (χ0n) is 29.5. The minimum Gasteiger partial charge on any atom is -0.376 e.